The number of rotatable bonds is 6. The SMILES string of the molecule is O=C(N[C@@H]1CCC[C@H](Nc2cc(C(F)(F)F)nc3ccccc23)C1)c1ccn(CC(F)F)n1. The average molecular weight is 467 g/mol. The number of amides is 1. The van der Waals surface area contributed by atoms with Gasteiger partial charge in [-0.1, -0.05) is 18.2 Å². The Balaban J connectivity index is 1.45. The van der Waals surface area contributed by atoms with Gasteiger partial charge in [0.2, 0.25) is 0 Å². The van der Waals surface area contributed by atoms with E-state index in [2.05, 4.69) is 20.7 Å². The molecule has 0 saturated heterocycles. The molecule has 1 aromatic carbocycles. The van der Waals surface area contributed by atoms with Gasteiger partial charge in [0, 0.05) is 29.4 Å². The zero-order chi connectivity index (χ0) is 23.6. The molecule has 2 atom stereocenters. The number of anilines is 1. The van der Waals surface area contributed by atoms with E-state index in [-0.39, 0.29) is 23.3 Å². The van der Waals surface area contributed by atoms with Crippen molar-refractivity contribution >= 4 is 22.5 Å². The molecule has 0 bridgehead atoms. The van der Waals surface area contributed by atoms with Crippen LogP contribution >= 0.6 is 0 Å². The molecule has 3 aromatic rings. The van der Waals surface area contributed by atoms with E-state index in [1.165, 1.54) is 18.3 Å². The third kappa shape index (κ3) is 5.58. The second-order valence-corrected chi connectivity index (χ2v) is 8.06. The van der Waals surface area contributed by atoms with Crippen LogP contribution in [0.2, 0.25) is 0 Å². The van der Waals surface area contributed by atoms with Crippen molar-refractivity contribution in [2.75, 3.05) is 5.32 Å². The number of carbonyl (C=O) groups excluding carboxylic acids is 1. The van der Waals surface area contributed by atoms with Gasteiger partial charge in [-0.25, -0.2) is 13.8 Å². The van der Waals surface area contributed by atoms with Crippen LogP contribution in [0.5, 0.6) is 0 Å². The van der Waals surface area contributed by atoms with Crippen molar-refractivity contribution in [1.29, 1.82) is 0 Å². The van der Waals surface area contributed by atoms with Gasteiger partial charge in [0.15, 0.2) is 0 Å². The minimum atomic E-state index is -4.57. The van der Waals surface area contributed by atoms with E-state index in [1.54, 1.807) is 18.2 Å². The number of para-hydroxylation sites is 1. The summed E-state index contributed by atoms with van der Waals surface area (Å²) in [5, 5.41) is 10.5. The predicted octanol–water partition coefficient (Wildman–Crippen LogP) is 4.87. The van der Waals surface area contributed by atoms with Crippen molar-refractivity contribution in [2.24, 2.45) is 0 Å². The van der Waals surface area contributed by atoms with Crippen molar-refractivity contribution in [3.05, 3.63) is 54.0 Å². The Labute approximate surface area is 186 Å². The highest BCUT2D eigenvalue weighted by Gasteiger charge is 2.34. The Hall–Kier alpha value is -3.24. The Kier molecular flexibility index (Phi) is 6.48. The molecule has 11 heteroatoms. The summed E-state index contributed by atoms with van der Waals surface area (Å²) in [6, 6.07) is 8.62. The monoisotopic (exact) mass is 467 g/mol. The van der Waals surface area contributed by atoms with E-state index in [9.17, 15) is 26.7 Å². The molecular formula is C22H22F5N5O. The van der Waals surface area contributed by atoms with Gasteiger partial charge in [-0.2, -0.15) is 18.3 Å². The van der Waals surface area contributed by atoms with Crippen LogP contribution in [-0.2, 0) is 12.7 Å². The number of nitrogens with zero attached hydrogens (tertiary/aromatic N) is 3. The van der Waals surface area contributed by atoms with Crippen molar-refractivity contribution in [1.82, 2.24) is 20.1 Å². The minimum Gasteiger partial charge on any atom is -0.382 e. The number of carbonyl (C=O) groups is 1. The van der Waals surface area contributed by atoms with Crippen molar-refractivity contribution < 1.29 is 26.7 Å². The van der Waals surface area contributed by atoms with Crippen LogP contribution in [0.3, 0.4) is 0 Å². The molecule has 6 nitrogen and oxygen atoms in total. The van der Waals surface area contributed by atoms with Crippen LogP contribution in [0.25, 0.3) is 10.9 Å². The number of aromatic nitrogens is 3. The maximum atomic E-state index is 13.3. The van der Waals surface area contributed by atoms with Crippen molar-refractivity contribution in [2.45, 2.75) is 56.9 Å². The van der Waals surface area contributed by atoms with Gasteiger partial charge >= 0.3 is 6.18 Å². The van der Waals surface area contributed by atoms with Crippen molar-refractivity contribution in [3.63, 3.8) is 0 Å². The average Bonchev–Trinajstić information content (AvgIpc) is 3.21. The number of pyridine rings is 1. The summed E-state index contributed by atoms with van der Waals surface area (Å²) in [7, 11) is 0. The highest BCUT2D eigenvalue weighted by molar-refractivity contribution is 5.92. The third-order valence-corrected chi connectivity index (χ3v) is 5.57. The molecule has 1 amide bonds. The fraction of sp³-hybridized carbons (Fsp3) is 0.409. The molecule has 1 aliphatic rings. The second-order valence-electron chi connectivity index (χ2n) is 8.06. The summed E-state index contributed by atoms with van der Waals surface area (Å²) in [5.74, 6) is -0.470. The molecule has 1 saturated carbocycles. The van der Waals surface area contributed by atoms with Crippen LogP contribution < -0.4 is 10.6 Å². The first-order valence-corrected chi connectivity index (χ1v) is 10.5. The summed E-state index contributed by atoms with van der Waals surface area (Å²) in [5.41, 5.74) is -0.338. The maximum Gasteiger partial charge on any atom is 0.433 e. The Morgan fingerprint density at radius 2 is 1.91 bits per heavy atom. The van der Waals surface area contributed by atoms with Gasteiger partial charge in [0.25, 0.3) is 12.3 Å². The number of alkyl halides is 5. The highest BCUT2D eigenvalue weighted by Crippen LogP contribution is 2.34. The number of fused-ring (bicyclic) bond motifs is 1. The lowest BCUT2D eigenvalue weighted by molar-refractivity contribution is -0.140. The van der Waals surface area contributed by atoms with Gasteiger partial charge in [0.1, 0.15) is 17.9 Å². The summed E-state index contributed by atoms with van der Waals surface area (Å²) < 4.78 is 65.9. The molecule has 4 rings (SSSR count). The molecule has 176 valence electrons. The number of halogens is 5. The minimum absolute atomic E-state index is 0.0423. The fourth-order valence-corrected chi connectivity index (χ4v) is 4.10. The summed E-state index contributed by atoms with van der Waals surface area (Å²) >= 11 is 0. The number of hydrogen-bond donors (Lipinski definition) is 2. The molecule has 2 N–H and O–H groups in total. The van der Waals surface area contributed by atoms with E-state index < -0.39 is 30.7 Å². The number of benzene rings is 1. The molecule has 0 radical (unpaired) electrons. The molecular weight excluding hydrogens is 445 g/mol. The van der Waals surface area contributed by atoms with Gasteiger partial charge in [0.05, 0.1) is 5.52 Å². The molecule has 0 unspecified atom stereocenters. The Morgan fingerprint density at radius 1 is 1.15 bits per heavy atom. The maximum absolute atomic E-state index is 13.3. The Morgan fingerprint density at radius 3 is 2.67 bits per heavy atom. The zero-order valence-corrected chi connectivity index (χ0v) is 17.4. The van der Waals surface area contributed by atoms with E-state index >= 15 is 0 Å². The first-order valence-electron chi connectivity index (χ1n) is 10.5. The molecule has 0 aliphatic heterocycles. The lowest BCUT2D eigenvalue weighted by atomic mass is 9.90. The van der Waals surface area contributed by atoms with Gasteiger partial charge in [-0.05, 0) is 43.9 Å². The van der Waals surface area contributed by atoms with E-state index in [0.29, 0.717) is 23.9 Å². The number of hydrogen-bond acceptors (Lipinski definition) is 4. The van der Waals surface area contributed by atoms with Crippen LogP contribution in [0.1, 0.15) is 41.9 Å². The van der Waals surface area contributed by atoms with Crippen LogP contribution in [-0.4, -0.2) is 39.2 Å². The van der Waals surface area contributed by atoms with E-state index in [1.807, 2.05) is 0 Å². The smallest absolute Gasteiger partial charge is 0.382 e. The largest absolute Gasteiger partial charge is 0.433 e. The van der Waals surface area contributed by atoms with Crippen LogP contribution in [0.4, 0.5) is 27.6 Å². The molecule has 2 heterocycles. The first kappa shape index (κ1) is 22.9. The molecule has 1 fully saturated rings. The third-order valence-electron chi connectivity index (χ3n) is 5.57. The normalized spacial score (nSPS) is 19.1. The molecule has 2 aromatic heterocycles. The Bertz CT molecular complexity index is 1130. The fourth-order valence-electron chi connectivity index (χ4n) is 4.10. The van der Waals surface area contributed by atoms with Crippen molar-refractivity contribution in [3.8, 4) is 0 Å². The molecule has 0 spiro atoms. The van der Waals surface area contributed by atoms with Gasteiger partial charge < -0.3 is 10.6 Å². The zero-order valence-electron chi connectivity index (χ0n) is 17.4. The van der Waals surface area contributed by atoms with Crippen LogP contribution in [0, 0.1) is 0 Å². The standard InChI is InChI=1S/C22H22F5N5O/c23-20(24)12-32-9-8-17(31-32)21(33)29-14-5-3-4-13(10-14)28-18-11-19(22(25,26)27)30-16-7-2-1-6-15(16)18/h1-2,6-9,11,13-14,20H,3-5,10,12H2,(H,28,30)(H,29,33)/t13-,14+/m0/s1. The second kappa shape index (κ2) is 9.32. The topological polar surface area (TPSA) is 71.8 Å². The first-order chi connectivity index (χ1) is 15.7. The van der Waals surface area contributed by atoms with Gasteiger partial charge in [-0.3, -0.25) is 9.48 Å². The van der Waals surface area contributed by atoms with E-state index in [0.717, 1.165) is 23.6 Å². The lowest BCUT2D eigenvalue weighted by Crippen LogP contribution is -2.42. The predicted molar refractivity (Wildman–Crippen MR) is 112 cm³/mol. The molecule has 1 aliphatic carbocycles. The molecule has 33 heavy (non-hydrogen) atoms. The summed E-state index contributed by atoms with van der Waals surface area (Å²) in [4.78, 5) is 16.2. The van der Waals surface area contributed by atoms with Crippen LogP contribution in [0.15, 0.2) is 42.6 Å². The lowest BCUT2D eigenvalue weighted by Gasteiger charge is -2.31. The summed E-state index contributed by atoms with van der Waals surface area (Å²) in [6.45, 7) is -0.595. The number of nitrogens with one attached hydrogen (secondary N) is 2. The summed E-state index contributed by atoms with van der Waals surface area (Å²) in [6.07, 6.45) is -3.14. The van der Waals surface area contributed by atoms with Gasteiger partial charge in [-0.15, -0.1) is 0 Å². The quantitative estimate of drug-likeness (QED) is 0.508. The highest BCUT2D eigenvalue weighted by atomic mass is 19.4. The van der Waals surface area contributed by atoms with E-state index in [4.69, 9.17) is 0 Å².